The summed E-state index contributed by atoms with van der Waals surface area (Å²) in [5.74, 6) is -8.84. The molecule has 0 unspecified atom stereocenters. The molecular weight excluding hydrogens is 649 g/mol. The van der Waals surface area contributed by atoms with Crippen molar-refractivity contribution >= 4 is 69.8 Å². The summed E-state index contributed by atoms with van der Waals surface area (Å²) in [6, 6.07) is 13.0. The normalized spacial score (nSPS) is 30.8. The lowest BCUT2D eigenvalue weighted by atomic mass is 9.56. The van der Waals surface area contributed by atoms with Crippen LogP contribution in [0, 0.1) is 36.3 Å². The number of phenols is 1. The summed E-state index contributed by atoms with van der Waals surface area (Å²) in [5.41, 5.74) is 1.68. The van der Waals surface area contributed by atoms with Crippen LogP contribution >= 0.6 is 34.8 Å². The van der Waals surface area contributed by atoms with Crippen molar-refractivity contribution in [2.75, 3.05) is 9.80 Å². The lowest BCUT2D eigenvalue weighted by Crippen LogP contribution is -2.60. The SMILES string of the molecule is Cc1ccc(N2C(=O)[C@H]3[C@H](CC=C4[C@H]3C[C@@]3(Cl)C(=O)N(c5ccc(F)cc5)C(=O)[C@@]3(Cl)[C@H]4c3ccc(O)c(F)c3)C2=O)cc1Cl. The van der Waals surface area contributed by atoms with Gasteiger partial charge in [0, 0.05) is 10.9 Å². The minimum absolute atomic E-state index is 0.0286. The average molecular weight is 672 g/mol. The molecule has 0 spiro atoms. The predicted molar refractivity (Wildman–Crippen MR) is 163 cm³/mol. The van der Waals surface area contributed by atoms with Crippen molar-refractivity contribution in [3.8, 4) is 5.75 Å². The van der Waals surface area contributed by atoms with Crippen LogP contribution in [0.1, 0.15) is 29.9 Å². The Morgan fingerprint density at radius 3 is 2.20 bits per heavy atom. The van der Waals surface area contributed by atoms with Crippen LogP contribution in [-0.2, 0) is 19.2 Å². The Kier molecular flexibility index (Phi) is 6.71. The van der Waals surface area contributed by atoms with Crippen LogP contribution < -0.4 is 9.80 Å². The van der Waals surface area contributed by atoms with Gasteiger partial charge in [0.25, 0.3) is 11.8 Å². The summed E-state index contributed by atoms with van der Waals surface area (Å²) in [7, 11) is 0. The maximum absolute atomic E-state index is 14.8. The highest BCUT2D eigenvalue weighted by molar-refractivity contribution is 6.58. The van der Waals surface area contributed by atoms with E-state index in [0.29, 0.717) is 16.3 Å². The van der Waals surface area contributed by atoms with Gasteiger partial charge in [-0.1, -0.05) is 35.4 Å². The Bertz CT molecular complexity index is 1880. The van der Waals surface area contributed by atoms with Crippen molar-refractivity contribution in [1.29, 1.82) is 0 Å². The molecule has 3 aromatic carbocycles. The van der Waals surface area contributed by atoms with Crippen LogP contribution in [-0.4, -0.2) is 38.5 Å². The minimum atomic E-state index is -2.21. The van der Waals surface area contributed by atoms with E-state index in [-0.39, 0.29) is 24.1 Å². The van der Waals surface area contributed by atoms with Crippen LogP contribution in [0.15, 0.2) is 72.3 Å². The largest absolute Gasteiger partial charge is 0.505 e. The van der Waals surface area contributed by atoms with Crippen molar-refractivity contribution in [1.82, 2.24) is 0 Å². The number of phenolic OH excluding ortho intramolecular Hbond substituents is 1. The van der Waals surface area contributed by atoms with E-state index in [1.54, 1.807) is 25.1 Å². The number of halogens is 5. The molecule has 12 heteroatoms. The molecule has 4 aliphatic rings. The van der Waals surface area contributed by atoms with Gasteiger partial charge in [-0.05, 0) is 85.3 Å². The van der Waals surface area contributed by atoms with Crippen LogP contribution in [0.2, 0.25) is 5.02 Å². The molecule has 7 rings (SSSR count). The quantitative estimate of drug-likeness (QED) is 0.198. The summed E-state index contributed by atoms with van der Waals surface area (Å²) >= 11 is 20.8. The number of aryl methyl sites for hydroxylation is 1. The lowest BCUT2D eigenvalue weighted by molar-refractivity contribution is -0.125. The minimum Gasteiger partial charge on any atom is -0.505 e. The standard InChI is InChI=1S/C33H23Cl3F2N2O5/c1-15-2-6-19(13-23(15)34)39-28(42)21-10-9-20-22(26(21)29(39)43)14-32(35)30(44)40(18-7-4-17(37)5-8-18)31(45)33(32,36)27(20)16-3-11-25(41)24(38)12-16/h2-9,11-13,21-22,26-27,41H,10,14H2,1H3/t21-,22+,26-,27-,32+,33-/m0/s1. The number of hydrogen-bond acceptors (Lipinski definition) is 5. The molecule has 6 atom stereocenters. The smallest absolute Gasteiger partial charge is 0.258 e. The summed E-state index contributed by atoms with van der Waals surface area (Å²) in [6.07, 6.45) is 1.54. The molecule has 2 heterocycles. The van der Waals surface area contributed by atoms with Gasteiger partial charge in [-0.15, -0.1) is 23.2 Å². The zero-order chi connectivity index (χ0) is 32.2. The van der Waals surface area contributed by atoms with Crippen molar-refractivity contribution < 1.29 is 33.1 Å². The van der Waals surface area contributed by atoms with Crippen molar-refractivity contribution in [3.63, 3.8) is 0 Å². The van der Waals surface area contributed by atoms with Gasteiger partial charge < -0.3 is 5.11 Å². The number of benzene rings is 3. The summed E-state index contributed by atoms with van der Waals surface area (Å²) in [6.45, 7) is 1.79. The molecule has 1 saturated carbocycles. The first-order valence-corrected chi connectivity index (χ1v) is 15.3. The number of amides is 4. The number of carbonyl (C=O) groups is 4. The molecule has 2 saturated heterocycles. The number of anilines is 2. The van der Waals surface area contributed by atoms with E-state index >= 15 is 0 Å². The van der Waals surface area contributed by atoms with Crippen LogP contribution in [0.4, 0.5) is 20.2 Å². The Balaban J connectivity index is 1.39. The fraction of sp³-hybridized carbons (Fsp3) is 0.273. The number of rotatable bonds is 3. The fourth-order valence-corrected chi connectivity index (χ4v) is 8.56. The van der Waals surface area contributed by atoms with E-state index < -0.39 is 74.4 Å². The monoisotopic (exact) mass is 670 g/mol. The van der Waals surface area contributed by atoms with E-state index in [4.69, 9.17) is 34.8 Å². The molecule has 4 amide bonds. The molecule has 45 heavy (non-hydrogen) atoms. The first-order chi connectivity index (χ1) is 21.3. The van der Waals surface area contributed by atoms with E-state index in [1.165, 1.54) is 24.3 Å². The number of fused-ring (bicyclic) bond motifs is 4. The zero-order valence-corrected chi connectivity index (χ0v) is 25.7. The molecule has 0 bridgehead atoms. The number of allylic oxidation sites excluding steroid dienone is 2. The van der Waals surface area contributed by atoms with E-state index in [9.17, 15) is 33.1 Å². The molecule has 7 nitrogen and oxygen atoms in total. The number of aromatic hydroxyl groups is 1. The maximum Gasteiger partial charge on any atom is 0.258 e. The average Bonchev–Trinajstić information content (AvgIpc) is 3.34. The van der Waals surface area contributed by atoms with Crippen molar-refractivity contribution in [2.45, 2.75) is 35.4 Å². The van der Waals surface area contributed by atoms with Gasteiger partial charge in [0.2, 0.25) is 11.8 Å². The van der Waals surface area contributed by atoms with Gasteiger partial charge in [-0.3, -0.25) is 19.2 Å². The van der Waals surface area contributed by atoms with Gasteiger partial charge >= 0.3 is 0 Å². The molecule has 230 valence electrons. The topological polar surface area (TPSA) is 95.0 Å². The second kappa shape index (κ2) is 10.1. The van der Waals surface area contributed by atoms with E-state index in [1.807, 2.05) is 0 Å². The molecule has 3 fully saturated rings. The Hall–Kier alpha value is -3.79. The second-order valence-electron chi connectivity index (χ2n) is 11.9. The van der Waals surface area contributed by atoms with Crippen molar-refractivity contribution in [3.05, 3.63) is 100 Å². The summed E-state index contributed by atoms with van der Waals surface area (Å²) in [5, 5.41) is 10.3. The maximum atomic E-state index is 14.8. The highest BCUT2D eigenvalue weighted by Crippen LogP contribution is 2.66. The first kappa shape index (κ1) is 29.9. The zero-order valence-electron chi connectivity index (χ0n) is 23.4. The molecule has 2 aliphatic heterocycles. The molecule has 0 radical (unpaired) electrons. The van der Waals surface area contributed by atoms with Gasteiger partial charge in [-0.2, -0.15) is 0 Å². The van der Waals surface area contributed by atoms with E-state index in [0.717, 1.165) is 39.6 Å². The molecule has 0 aromatic heterocycles. The van der Waals surface area contributed by atoms with Gasteiger partial charge in [0.15, 0.2) is 21.3 Å². The fourth-order valence-electron chi connectivity index (χ4n) is 7.45. The first-order valence-electron chi connectivity index (χ1n) is 14.1. The molecular formula is C33H23Cl3F2N2O5. The van der Waals surface area contributed by atoms with E-state index in [2.05, 4.69) is 0 Å². The van der Waals surface area contributed by atoms with Gasteiger partial charge in [-0.25, -0.2) is 18.6 Å². The molecule has 1 N–H and O–H groups in total. The number of hydrogen-bond donors (Lipinski definition) is 1. The molecule has 2 aliphatic carbocycles. The third-order valence-corrected chi connectivity index (χ3v) is 11.4. The predicted octanol–water partition coefficient (Wildman–Crippen LogP) is 6.40. The van der Waals surface area contributed by atoms with Crippen LogP contribution in [0.3, 0.4) is 0 Å². The van der Waals surface area contributed by atoms with Crippen molar-refractivity contribution in [2.24, 2.45) is 17.8 Å². The second-order valence-corrected chi connectivity index (χ2v) is 13.6. The lowest BCUT2D eigenvalue weighted by Gasteiger charge is -2.50. The van der Waals surface area contributed by atoms with Crippen LogP contribution in [0.25, 0.3) is 0 Å². The highest BCUT2D eigenvalue weighted by atomic mass is 35.5. The number of nitrogens with zero attached hydrogens (tertiary/aromatic N) is 2. The summed E-state index contributed by atoms with van der Waals surface area (Å²) < 4.78 is 28.6. The number of alkyl halides is 2. The third-order valence-electron chi connectivity index (χ3n) is 9.61. The summed E-state index contributed by atoms with van der Waals surface area (Å²) in [4.78, 5) is 53.9. The Morgan fingerprint density at radius 1 is 0.844 bits per heavy atom. The third kappa shape index (κ3) is 4.00. The van der Waals surface area contributed by atoms with Crippen LogP contribution in [0.5, 0.6) is 5.75 Å². The van der Waals surface area contributed by atoms with Gasteiger partial charge in [0.1, 0.15) is 5.82 Å². The highest BCUT2D eigenvalue weighted by Gasteiger charge is 2.76. The van der Waals surface area contributed by atoms with Gasteiger partial charge in [0.05, 0.1) is 23.2 Å². The number of carbonyl (C=O) groups excluding carboxylic acids is 4. The molecule has 3 aromatic rings. The Labute approximate surface area is 271 Å². The Morgan fingerprint density at radius 2 is 1.53 bits per heavy atom. The number of imide groups is 2.